The maximum absolute atomic E-state index is 12.1. The standard InChI is InChI=1S/C15H13N3O2/c19-12-7-6-11(15(20)16-12)13-10-5-1-3-9-4-2-8-18(17-13)14(9)10/h1-5,11H,6-8H2,(H,16,19,20). The first-order valence-corrected chi connectivity index (χ1v) is 6.74. The largest absolute Gasteiger partial charge is 0.296 e. The quantitative estimate of drug-likeness (QED) is 0.798. The van der Waals surface area contributed by atoms with Crippen molar-refractivity contribution < 1.29 is 9.59 Å². The zero-order valence-electron chi connectivity index (χ0n) is 10.8. The predicted molar refractivity (Wildman–Crippen MR) is 73.9 cm³/mol. The Hall–Kier alpha value is -2.43. The highest BCUT2D eigenvalue weighted by molar-refractivity contribution is 6.03. The third kappa shape index (κ3) is 1.52. The molecular formula is C15H13N3O2. The maximum atomic E-state index is 12.1. The van der Waals surface area contributed by atoms with Crippen molar-refractivity contribution in [3.05, 3.63) is 35.5 Å². The van der Waals surface area contributed by atoms with Gasteiger partial charge >= 0.3 is 0 Å². The first-order chi connectivity index (χ1) is 9.74. The van der Waals surface area contributed by atoms with E-state index in [2.05, 4.69) is 22.6 Å². The minimum atomic E-state index is -0.329. The van der Waals surface area contributed by atoms with Gasteiger partial charge in [0, 0.05) is 17.4 Å². The summed E-state index contributed by atoms with van der Waals surface area (Å²) < 4.78 is 1.93. The fourth-order valence-electron chi connectivity index (χ4n) is 3.05. The summed E-state index contributed by atoms with van der Waals surface area (Å²) in [6, 6.07) is 6.03. The molecule has 2 aliphatic rings. The molecule has 4 rings (SSSR count). The molecule has 1 atom stereocenters. The van der Waals surface area contributed by atoms with Gasteiger partial charge in [0.1, 0.15) is 0 Å². The molecule has 1 saturated heterocycles. The van der Waals surface area contributed by atoms with Crippen LogP contribution in [0.3, 0.4) is 0 Å². The highest BCUT2D eigenvalue weighted by Crippen LogP contribution is 2.33. The van der Waals surface area contributed by atoms with Crippen molar-refractivity contribution in [3.63, 3.8) is 0 Å². The number of hydrogen-bond donors (Lipinski definition) is 1. The summed E-state index contributed by atoms with van der Waals surface area (Å²) in [4.78, 5) is 23.3. The van der Waals surface area contributed by atoms with E-state index in [4.69, 9.17) is 0 Å². The van der Waals surface area contributed by atoms with E-state index in [1.165, 1.54) is 0 Å². The van der Waals surface area contributed by atoms with Crippen LogP contribution in [0.25, 0.3) is 17.0 Å². The highest BCUT2D eigenvalue weighted by atomic mass is 16.2. The van der Waals surface area contributed by atoms with Crippen molar-refractivity contribution in [3.8, 4) is 0 Å². The summed E-state index contributed by atoms with van der Waals surface area (Å²) in [5.74, 6) is -0.753. The number of nitrogens with one attached hydrogen (secondary N) is 1. The first kappa shape index (κ1) is 11.4. The lowest BCUT2D eigenvalue weighted by molar-refractivity contribution is -0.134. The SMILES string of the molecule is O=C1CCC(c2nn3c4c(cccc24)C=CC3)C(=O)N1. The van der Waals surface area contributed by atoms with Crippen LogP contribution in [0, 0.1) is 0 Å². The van der Waals surface area contributed by atoms with Crippen LogP contribution in [-0.4, -0.2) is 21.6 Å². The van der Waals surface area contributed by atoms with Crippen LogP contribution in [0.5, 0.6) is 0 Å². The zero-order valence-corrected chi connectivity index (χ0v) is 10.8. The lowest BCUT2D eigenvalue weighted by atomic mass is 9.92. The molecule has 1 fully saturated rings. The van der Waals surface area contributed by atoms with Gasteiger partial charge < -0.3 is 0 Å². The maximum Gasteiger partial charge on any atom is 0.235 e. The molecular weight excluding hydrogens is 254 g/mol. The van der Waals surface area contributed by atoms with Gasteiger partial charge in [-0.2, -0.15) is 5.10 Å². The molecule has 3 heterocycles. The summed E-state index contributed by atoms with van der Waals surface area (Å²) in [5, 5.41) is 8.03. The number of rotatable bonds is 1. The van der Waals surface area contributed by atoms with Gasteiger partial charge in [-0.15, -0.1) is 0 Å². The van der Waals surface area contributed by atoms with Gasteiger partial charge in [-0.05, 0) is 6.42 Å². The van der Waals surface area contributed by atoms with E-state index < -0.39 is 0 Å². The van der Waals surface area contributed by atoms with Crippen molar-refractivity contribution in [2.24, 2.45) is 0 Å². The molecule has 5 nitrogen and oxygen atoms in total. The number of aromatic nitrogens is 2. The van der Waals surface area contributed by atoms with Gasteiger partial charge in [0.25, 0.3) is 0 Å². The van der Waals surface area contributed by atoms with Gasteiger partial charge in [0.15, 0.2) is 0 Å². The van der Waals surface area contributed by atoms with Gasteiger partial charge in [-0.1, -0.05) is 30.4 Å². The number of para-hydroxylation sites is 1. The first-order valence-electron chi connectivity index (χ1n) is 6.74. The van der Waals surface area contributed by atoms with Gasteiger partial charge in [-0.25, -0.2) is 0 Å². The number of imide groups is 1. The van der Waals surface area contributed by atoms with Crippen LogP contribution < -0.4 is 5.32 Å². The molecule has 1 unspecified atom stereocenters. The van der Waals surface area contributed by atoms with Crippen LogP contribution in [0.2, 0.25) is 0 Å². The van der Waals surface area contributed by atoms with Crippen LogP contribution in [0.1, 0.15) is 30.0 Å². The molecule has 20 heavy (non-hydrogen) atoms. The van der Waals surface area contributed by atoms with Crippen molar-refractivity contribution >= 4 is 28.8 Å². The number of nitrogens with zero attached hydrogens (tertiary/aromatic N) is 2. The van der Waals surface area contributed by atoms with Crippen LogP contribution in [-0.2, 0) is 16.1 Å². The summed E-state index contributed by atoms with van der Waals surface area (Å²) in [5.41, 5.74) is 2.99. The molecule has 0 aliphatic carbocycles. The lowest BCUT2D eigenvalue weighted by Crippen LogP contribution is -2.39. The van der Waals surface area contributed by atoms with E-state index in [0.29, 0.717) is 12.8 Å². The zero-order chi connectivity index (χ0) is 13.7. The second-order valence-electron chi connectivity index (χ2n) is 5.22. The lowest BCUT2D eigenvalue weighted by Gasteiger charge is -2.19. The Morgan fingerprint density at radius 2 is 2.20 bits per heavy atom. The van der Waals surface area contributed by atoms with Crippen LogP contribution in [0.4, 0.5) is 0 Å². The molecule has 0 bridgehead atoms. The normalized spacial score (nSPS) is 21.3. The summed E-state index contributed by atoms with van der Waals surface area (Å²) in [6.07, 6.45) is 5.05. The van der Waals surface area contributed by atoms with Gasteiger partial charge in [0.2, 0.25) is 11.8 Å². The number of amides is 2. The van der Waals surface area contributed by atoms with E-state index in [1.807, 2.05) is 22.9 Å². The number of hydrogen-bond acceptors (Lipinski definition) is 3. The minimum absolute atomic E-state index is 0.193. The fourth-order valence-corrected chi connectivity index (χ4v) is 3.05. The van der Waals surface area contributed by atoms with E-state index in [9.17, 15) is 9.59 Å². The third-order valence-electron chi connectivity index (χ3n) is 3.97. The summed E-state index contributed by atoms with van der Waals surface area (Å²) >= 11 is 0. The molecule has 2 amide bonds. The third-order valence-corrected chi connectivity index (χ3v) is 3.97. The Kier molecular flexibility index (Phi) is 2.30. The molecule has 0 radical (unpaired) electrons. The van der Waals surface area contributed by atoms with Crippen LogP contribution in [0.15, 0.2) is 24.3 Å². The molecule has 1 aromatic carbocycles. The highest BCUT2D eigenvalue weighted by Gasteiger charge is 2.32. The summed E-state index contributed by atoms with van der Waals surface area (Å²) in [7, 11) is 0. The summed E-state index contributed by atoms with van der Waals surface area (Å²) in [6.45, 7) is 0.723. The molecule has 1 aromatic heterocycles. The smallest absolute Gasteiger partial charge is 0.235 e. The molecule has 1 N–H and O–H groups in total. The molecule has 2 aliphatic heterocycles. The molecule has 2 aromatic rings. The predicted octanol–water partition coefficient (Wildman–Crippen LogP) is 1.58. The number of carbonyl (C=O) groups excluding carboxylic acids is 2. The monoisotopic (exact) mass is 267 g/mol. The number of benzene rings is 1. The Morgan fingerprint density at radius 1 is 1.30 bits per heavy atom. The minimum Gasteiger partial charge on any atom is -0.296 e. The molecule has 0 saturated carbocycles. The van der Waals surface area contributed by atoms with Crippen molar-refractivity contribution in [2.45, 2.75) is 25.3 Å². The molecule has 100 valence electrons. The second kappa shape index (κ2) is 4.03. The average Bonchev–Trinajstić information content (AvgIpc) is 2.80. The average molecular weight is 267 g/mol. The fraction of sp³-hybridized carbons (Fsp3) is 0.267. The van der Waals surface area contributed by atoms with E-state index in [-0.39, 0.29) is 17.7 Å². The second-order valence-corrected chi connectivity index (χ2v) is 5.22. The van der Waals surface area contributed by atoms with E-state index in [0.717, 1.165) is 28.7 Å². The van der Waals surface area contributed by atoms with E-state index in [1.54, 1.807) is 0 Å². The Labute approximate surface area is 115 Å². The Bertz CT molecular complexity index is 773. The van der Waals surface area contributed by atoms with Crippen molar-refractivity contribution in [2.75, 3.05) is 0 Å². The molecule has 0 spiro atoms. The number of allylic oxidation sites excluding steroid dienone is 1. The van der Waals surface area contributed by atoms with Gasteiger partial charge in [-0.3, -0.25) is 19.6 Å². The van der Waals surface area contributed by atoms with Crippen molar-refractivity contribution in [1.82, 2.24) is 15.1 Å². The Morgan fingerprint density at radius 3 is 3.05 bits per heavy atom. The number of carbonyl (C=O) groups is 2. The molecule has 5 heteroatoms. The Balaban J connectivity index is 1.88. The number of piperidine rings is 1. The topological polar surface area (TPSA) is 64.0 Å². The van der Waals surface area contributed by atoms with Crippen LogP contribution >= 0.6 is 0 Å². The van der Waals surface area contributed by atoms with Crippen molar-refractivity contribution in [1.29, 1.82) is 0 Å². The van der Waals surface area contributed by atoms with E-state index >= 15 is 0 Å². The van der Waals surface area contributed by atoms with Gasteiger partial charge in [0.05, 0.1) is 23.7 Å².